The Morgan fingerprint density at radius 1 is 1.03 bits per heavy atom. The smallest absolute Gasteiger partial charge is 0.324 e. The topological polar surface area (TPSA) is 98.8 Å². The van der Waals surface area contributed by atoms with Gasteiger partial charge in [0.1, 0.15) is 0 Å². The molecule has 3 amide bonds. The van der Waals surface area contributed by atoms with Gasteiger partial charge >= 0.3 is 6.03 Å². The lowest BCUT2D eigenvalue weighted by Crippen LogP contribution is -2.41. The van der Waals surface area contributed by atoms with Crippen LogP contribution in [0.4, 0.5) is 16.2 Å². The minimum Gasteiger partial charge on any atom is -0.325 e. The Labute approximate surface area is 192 Å². The van der Waals surface area contributed by atoms with Gasteiger partial charge in [0.2, 0.25) is 15.9 Å². The molecule has 0 bridgehead atoms. The molecule has 1 unspecified atom stereocenters. The number of nitrogens with one attached hydrogen (secondary N) is 2. The maximum atomic E-state index is 12.9. The van der Waals surface area contributed by atoms with Crippen molar-refractivity contribution in [3.8, 4) is 0 Å². The van der Waals surface area contributed by atoms with Crippen LogP contribution >= 0.6 is 11.6 Å². The molecule has 10 heteroatoms. The van der Waals surface area contributed by atoms with Crippen molar-refractivity contribution < 1.29 is 18.0 Å². The Balaban J connectivity index is 1.44. The first kappa shape index (κ1) is 22.6. The lowest BCUT2D eigenvalue weighted by atomic mass is 10.2. The number of sulfonamides is 1. The molecular weight excluding hydrogens is 452 g/mol. The van der Waals surface area contributed by atoms with Crippen molar-refractivity contribution in [3.63, 3.8) is 0 Å². The van der Waals surface area contributed by atoms with Crippen molar-refractivity contribution in [2.45, 2.75) is 37.1 Å². The van der Waals surface area contributed by atoms with Gasteiger partial charge < -0.3 is 10.2 Å². The maximum absolute atomic E-state index is 12.9. The molecule has 1 saturated heterocycles. The first-order valence-corrected chi connectivity index (χ1v) is 12.4. The molecule has 0 saturated carbocycles. The fourth-order valence-electron chi connectivity index (χ4n) is 3.96. The molecule has 2 aliphatic rings. The Kier molecular flexibility index (Phi) is 6.41. The van der Waals surface area contributed by atoms with Crippen LogP contribution in [-0.4, -0.2) is 50.9 Å². The van der Waals surface area contributed by atoms with Crippen LogP contribution in [-0.2, 0) is 21.2 Å². The third-order valence-electron chi connectivity index (χ3n) is 5.70. The molecule has 0 radical (unpaired) electrons. The van der Waals surface area contributed by atoms with Gasteiger partial charge in [-0.25, -0.2) is 13.2 Å². The number of amides is 3. The SMILES string of the molecule is CC(NS(=O)(=O)c1ccc2c(c1)CCN2C(=O)N1CCCC1)C(=O)Nc1ccc(Cl)cc1. The summed E-state index contributed by atoms with van der Waals surface area (Å²) < 4.78 is 28.2. The molecule has 8 nitrogen and oxygen atoms in total. The zero-order valence-electron chi connectivity index (χ0n) is 17.7. The lowest BCUT2D eigenvalue weighted by Gasteiger charge is -2.24. The van der Waals surface area contributed by atoms with Crippen LogP contribution in [0.5, 0.6) is 0 Å². The average molecular weight is 477 g/mol. The quantitative estimate of drug-likeness (QED) is 0.692. The van der Waals surface area contributed by atoms with Crippen LogP contribution in [0.1, 0.15) is 25.3 Å². The second kappa shape index (κ2) is 9.09. The van der Waals surface area contributed by atoms with Crippen molar-refractivity contribution in [2.75, 3.05) is 29.9 Å². The molecule has 2 N–H and O–H groups in total. The molecule has 1 fully saturated rings. The summed E-state index contributed by atoms with van der Waals surface area (Å²) in [5.41, 5.74) is 2.07. The van der Waals surface area contributed by atoms with E-state index in [1.807, 2.05) is 4.90 Å². The average Bonchev–Trinajstić information content (AvgIpc) is 3.44. The number of urea groups is 1. The number of hydrogen-bond acceptors (Lipinski definition) is 4. The highest BCUT2D eigenvalue weighted by molar-refractivity contribution is 7.89. The summed E-state index contributed by atoms with van der Waals surface area (Å²) in [7, 11) is -3.92. The van der Waals surface area contributed by atoms with Gasteiger partial charge in [-0.05, 0) is 74.2 Å². The summed E-state index contributed by atoms with van der Waals surface area (Å²) in [5.74, 6) is -0.487. The molecule has 32 heavy (non-hydrogen) atoms. The Morgan fingerprint density at radius 3 is 2.41 bits per heavy atom. The summed E-state index contributed by atoms with van der Waals surface area (Å²) in [6.45, 7) is 3.53. The normalized spacial score (nSPS) is 16.7. The molecule has 170 valence electrons. The van der Waals surface area contributed by atoms with Crippen molar-refractivity contribution >= 4 is 44.9 Å². The van der Waals surface area contributed by atoms with Gasteiger partial charge in [-0.1, -0.05) is 11.6 Å². The molecule has 0 spiro atoms. The maximum Gasteiger partial charge on any atom is 0.324 e. The van der Waals surface area contributed by atoms with Crippen molar-refractivity contribution in [2.24, 2.45) is 0 Å². The number of nitrogens with zero attached hydrogens (tertiary/aromatic N) is 2. The van der Waals surface area contributed by atoms with E-state index in [2.05, 4.69) is 10.0 Å². The van der Waals surface area contributed by atoms with Crippen molar-refractivity contribution in [3.05, 3.63) is 53.1 Å². The van der Waals surface area contributed by atoms with Gasteiger partial charge in [-0.2, -0.15) is 4.72 Å². The predicted octanol–water partition coefficient (Wildman–Crippen LogP) is 3.22. The van der Waals surface area contributed by atoms with Crippen LogP contribution in [0.2, 0.25) is 5.02 Å². The largest absolute Gasteiger partial charge is 0.325 e. The Bertz CT molecular complexity index is 1130. The number of benzene rings is 2. The number of rotatable bonds is 5. The van der Waals surface area contributed by atoms with E-state index in [-0.39, 0.29) is 10.9 Å². The number of hydrogen-bond donors (Lipinski definition) is 2. The molecule has 2 aromatic carbocycles. The summed E-state index contributed by atoms with van der Waals surface area (Å²) in [5, 5.41) is 3.19. The fraction of sp³-hybridized carbons (Fsp3) is 0.364. The highest BCUT2D eigenvalue weighted by Gasteiger charge is 2.31. The van der Waals surface area contributed by atoms with Gasteiger partial charge in [0.05, 0.1) is 10.9 Å². The highest BCUT2D eigenvalue weighted by Crippen LogP contribution is 2.31. The Hall–Kier alpha value is -2.62. The molecule has 0 aliphatic carbocycles. The van der Waals surface area contributed by atoms with Gasteiger partial charge in [-0.15, -0.1) is 0 Å². The lowest BCUT2D eigenvalue weighted by molar-refractivity contribution is -0.117. The zero-order chi connectivity index (χ0) is 22.9. The molecule has 2 aromatic rings. The second-order valence-electron chi connectivity index (χ2n) is 8.01. The van der Waals surface area contributed by atoms with E-state index in [1.165, 1.54) is 13.0 Å². The van der Waals surface area contributed by atoms with Crippen LogP contribution in [0.15, 0.2) is 47.4 Å². The molecular formula is C22H25ClN4O4S. The molecule has 2 heterocycles. The van der Waals surface area contributed by atoms with Crippen molar-refractivity contribution in [1.82, 2.24) is 9.62 Å². The number of fused-ring (bicyclic) bond motifs is 1. The summed E-state index contributed by atoms with van der Waals surface area (Å²) in [4.78, 5) is 28.8. The van der Waals surface area contributed by atoms with E-state index in [0.29, 0.717) is 23.7 Å². The van der Waals surface area contributed by atoms with E-state index in [0.717, 1.165) is 37.2 Å². The minimum atomic E-state index is -3.92. The minimum absolute atomic E-state index is 0.0255. The number of carbonyl (C=O) groups excluding carboxylic acids is 2. The van der Waals surface area contributed by atoms with Crippen LogP contribution in [0.25, 0.3) is 0 Å². The summed E-state index contributed by atoms with van der Waals surface area (Å²) in [6.07, 6.45) is 2.61. The molecule has 4 rings (SSSR count). The number of anilines is 2. The van der Waals surface area contributed by atoms with E-state index < -0.39 is 22.0 Å². The highest BCUT2D eigenvalue weighted by atomic mass is 35.5. The third-order valence-corrected chi connectivity index (χ3v) is 7.49. The van der Waals surface area contributed by atoms with E-state index in [4.69, 9.17) is 11.6 Å². The van der Waals surface area contributed by atoms with Gasteiger partial charge in [0.25, 0.3) is 0 Å². The van der Waals surface area contributed by atoms with Crippen LogP contribution in [0, 0.1) is 0 Å². The monoisotopic (exact) mass is 476 g/mol. The molecule has 0 aromatic heterocycles. The first-order valence-electron chi connectivity index (χ1n) is 10.5. The fourth-order valence-corrected chi connectivity index (χ4v) is 5.34. The number of halogens is 1. The number of likely N-dealkylation sites (tertiary alicyclic amines) is 1. The predicted molar refractivity (Wildman–Crippen MR) is 124 cm³/mol. The van der Waals surface area contributed by atoms with E-state index >= 15 is 0 Å². The summed E-state index contributed by atoms with van der Waals surface area (Å²) in [6, 6.07) is 10.2. The molecule has 2 aliphatic heterocycles. The van der Waals surface area contributed by atoms with Crippen LogP contribution in [0.3, 0.4) is 0 Å². The Morgan fingerprint density at radius 2 is 1.72 bits per heavy atom. The molecule has 1 atom stereocenters. The van der Waals surface area contributed by atoms with Gasteiger partial charge in [0.15, 0.2) is 0 Å². The first-order chi connectivity index (χ1) is 15.2. The number of carbonyl (C=O) groups is 2. The van der Waals surface area contributed by atoms with Crippen molar-refractivity contribution in [1.29, 1.82) is 0 Å². The zero-order valence-corrected chi connectivity index (χ0v) is 19.2. The second-order valence-corrected chi connectivity index (χ2v) is 10.2. The summed E-state index contributed by atoms with van der Waals surface area (Å²) >= 11 is 5.84. The van der Waals surface area contributed by atoms with Crippen LogP contribution < -0.4 is 14.9 Å². The van der Waals surface area contributed by atoms with Gasteiger partial charge in [0, 0.05) is 36.0 Å². The van der Waals surface area contributed by atoms with E-state index in [9.17, 15) is 18.0 Å². The van der Waals surface area contributed by atoms with Gasteiger partial charge in [-0.3, -0.25) is 9.69 Å². The third kappa shape index (κ3) is 4.74. The van der Waals surface area contributed by atoms with E-state index in [1.54, 1.807) is 41.3 Å². The standard InChI is InChI=1S/C22H25ClN4O4S/c1-15(21(28)24-18-6-4-17(23)5-7-18)25-32(30,31)19-8-9-20-16(14-19)10-13-27(20)22(29)26-11-2-3-12-26/h4-9,14-15,25H,2-3,10-13H2,1H3,(H,24,28).